The fraction of sp³-hybridized carbons (Fsp3) is 0.250. The standard InChI is InChI=1S/C12H11NO6S/c1-2-17-10(14)6-13-11(15)18-7-3-4-8-9(5-7)20-12(16)19-8/h3-5H,2,6H2,1H3,(H,13,15). The number of hydrogen-bond donors (Lipinski definition) is 1. The van der Waals surface area contributed by atoms with Crippen LogP contribution in [0.25, 0.3) is 10.3 Å². The van der Waals surface area contributed by atoms with E-state index >= 15 is 0 Å². The third-order valence-corrected chi connectivity index (χ3v) is 2.98. The van der Waals surface area contributed by atoms with Gasteiger partial charge in [-0.25, -0.2) is 9.59 Å². The molecule has 0 radical (unpaired) electrons. The minimum Gasteiger partial charge on any atom is -0.465 e. The number of benzene rings is 1. The molecule has 2 rings (SSSR count). The van der Waals surface area contributed by atoms with E-state index in [0.717, 1.165) is 11.3 Å². The topological polar surface area (TPSA) is 94.8 Å². The van der Waals surface area contributed by atoms with Crippen LogP contribution in [0.3, 0.4) is 0 Å². The minimum absolute atomic E-state index is 0.242. The summed E-state index contributed by atoms with van der Waals surface area (Å²) in [6, 6.07) is 4.53. The van der Waals surface area contributed by atoms with E-state index < -0.39 is 17.0 Å². The van der Waals surface area contributed by atoms with E-state index in [1.54, 1.807) is 6.92 Å². The molecule has 8 heteroatoms. The molecule has 0 atom stereocenters. The summed E-state index contributed by atoms with van der Waals surface area (Å²) in [7, 11) is 0. The van der Waals surface area contributed by atoms with E-state index in [0.29, 0.717) is 10.3 Å². The summed E-state index contributed by atoms with van der Waals surface area (Å²) in [5.74, 6) is -0.302. The van der Waals surface area contributed by atoms with Crippen molar-refractivity contribution in [1.82, 2.24) is 5.32 Å². The molecule has 7 nitrogen and oxygen atoms in total. The fourth-order valence-electron chi connectivity index (χ4n) is 1.42. The Bertz CT molecular complexity index is 689. The lowest BCUT2D eigenvalue weighted by molar-refractivity contribution is -0.141. The molecule has 106 valence electrons. The van der Waals surface area contributed by atoms with Gasteiger partial charge in [0, 0.05) is 6.07 Å². The zero-order valence-electron chi connectivity index (χ0n) is 10.5. The van der Waals surface area contributed by atoms with E-state index in [1.807, 2.05) is 0 Å². The first-order chi connectivity index (χ1) is 9.58. The zero-order chi connectivity index (χ0) is 14.5. The summed E-state index contributed by atoms with van der Waals surface area (Å²) in [5.41, 5.74) is 0.430. The Morgan fingerprint density at radius 2 is 2.20 bits per heavy atom. The Hall–Kier alpha value is -2.35. The summed E-state index contributed by atoms with van der Waals surface area (Å²) in [6.45, 7) is 1.64. The molecule has 0 fully saturated rings. The molecule has 1 amide bonds. The van der Waals surface area contributed by atoms with Crippen LogP contribution in [-0.2, 0) is 9.53 Å². The molecule has 1 heterocycles. The van der Waals surface area contributed by atoms with Gasteiger partial charge in [-0.15, -0.1) is 0 Å². The van der Waals surface area contributed by atoms with Gasteiger partial charge >= 0.3 is 17.0 Å². The van der Waals surface area contributed by atoms with Gasteiger partial charge in [0.1, 0.15) is 17.9 Å². The number of amides is 1. The smallest absolute Gasteiger partial charge is 0.413 e. The maximum absolute atomic E-state index is 11.4. The SMILES string of the molecule is CCOC(=O)CNC(=O)Oc1ccc2oc(=O)sc2c1. The average molecular weight is 297 g/mol. The Labute approximate surface area is 117 Å². The van der Waals surface area contributed by atoms with Gasteiger partial charge in [0.25, 0.3) is 0 Å². The highest BCUT2D eigenvalue weighted by Crippen LogP contribution is 2.22. The van der Waals surface area contributed by atoms with Crippen LogP contribution >= 0.6 is 11.3 Å². The number of ether oxygens (including phenoxy) is 2. The van der Waals surface area contributed by atoms with Crippen molar-refractivity contribution in [3.8, 4) is 5.75 Å². The van der Waals surface area contributed by atoms with Gasteiger partial charge in [-0.05, 0) is 19.1 Å². The highest BCUT2D eigenvalue weighted by atomic mass is 32.1. The lowest BCUT2D eigenvalue weighted by Crippen LogP contribution is -2.32. The molecular formula is C12H11NO6S. The van der Waals surface area contributed by atoms with Crippen LogP contribution in [0.5, 0.6) is 5.75 Å². The molecule has 0 aliphatic carbocycles. The average Bonchev–Trinajstić information content (AvgIpc) is 2.76. The second-order valence-corrected chi connectivity index (χ2v) is 4.59. The third kappa shape index (κ3) is 3.58. The van der Waals surface area contributed by atoms with Crippen molar-refractivity contribution in [3.63, 3.8) is 0 Å². The van der Waals surface area contributed by atoms with Gasteiger partial charge in [-0.1, -0.05) is 11.3 Å². The maximum atomic E-state index is 11.4. The number of rotatable bonds is 4. The van der Waals surface area contributed by atoms with E-state index in [-0.39, 0.29) is 18.9 Å². The van der Waals surface area contributed by atoms with Gasteiger partial charge in [-0.3, -0.25) is 4.79 Å². The quantitative estimate of drug-likeness (QED) is 0.859. The van der Waals surface area contributed by atoms with Crippen molar-refractivity contribution in [2.75, 3.05) is 13.2 Å². The molecule has 0 aliphatic heterocycles. The number of esters is 1. The van der Waals surface area contributed by atoms with E-state index in [9.17, 15) is 14.4 Å². The van der Waals surface area contributed by atoms with E-state index in [4.69, 9.17) is 9.15 Å². The number of hydrogen-bond acceptors (Lipinski definition) is 7. The van der Waals surface area contributed by atoms with Crippen LogP contribution < -0.4 is 15.0 Å². The number of carbonyl (C=O) groups excluding carboxylic acids is 2. The normalized spacial score (nSPS) is 10.2. The molecule has 0 aliphatic rings. The van der Waals surface area contributed by atoms with E-state index in [2.05, 4.69) is 10.1 Å². The molecule has 0 bridgehead atoms. The van der Waals surface area contributed by atoms with Crippen molar-refractivity contribution >= 4 is 33.7 Å². The van der Waals surface area contributed by atoms with Crippen LogP contribution in [0.15, 0.2) is 27.4 Å². The van der Waals surface area contributed by atoms with Gasteiger partial charge in [0.05, 0.1) is 11.3 Å². The monoisotopic (exact) mass is 297 g/mol. The maximum Gasteiger partial charge on any atom is 0.413 e. The van der Waals surface area contributed by atoms with Gasteiger partial charge in [0.2, 0.25) is 0 Å². The summed E-state index contributed by atoms with van der Waals surface area (Å²) < 4.78 is 15.1. The van der Waals surface area contributed by atoms with Crippen molar-refractivity contribution in [3.05, 3.63) is 27.9 Å². The Balaban J connectivity index is 1.95. The van der Waals surface area contributed by atoms with Crippen molar-refractivity contribution in [2.24, 2.45) is 0 Å². The second-order valence-electron chi connectivity index (χ2n) is 3.61. The Morgan fingerprint density at radius 3 is 2.95 bits per heavy atom. The minimum atomic E-state index is -0.784. The first-order valence-corrected chi connectivity index (χ1v) is 6.55. The number of nitrogens with one attached hydrogen (secondary N) is 1. The zero-order valence-corrected chi connectivity index (χ0v) is 11.3. The first-order valence-electron chi connectivity index (χ1n) is 5.73. The molecule has 1 aromatic heterocycles. The predicted octanol–water partition coefficient (Wildman–Crippen LogP) is 1.51. The molecule has 0 unspecified atom stereocenters. The van der Waals surface area contributed by atoms with Crippen LogP contribution in [0.4, 0.5) is 4.79 Å². The molecule has 0 saturated heterocycles. The Morgan fingerprint density at radius 1 is 1.40 bits per heavy atom. The van der Waals surface area contributed by atoms with Gasteiger partial charge in [-0.2, -0.15) is 0 Å². The molecular weight excluding hydrogens is 286 g/mol. The van der Waals surface area contributed by atoms with Crippen LogP contribution in [-0.4, -0.2) is 25.2 Å². The summed E-state index contributed by atoms with van der Waals surface area (Å²) >= 11 is 0.910. The predicted molar refractivity (Wildman–Crippen MR) is 71.0 cm³/mol. The van der Waals surface area contributed by atoms with Crippen molar-refractivity contribution in [2.45, 2.75) is 6.92 Å². The van der Waals surface area contributed by atoms with Crippen LogP contribution in [0.2, 0.25) is 0 Å². The Kier molecular flexibility index (Phi) is 4.36. The molecule has 0 saturated carbocycles. The highest BCUT2D eigenvalue weighted by Gasteiger charge is 2.09. The molecule has 0 spiro atoms. The summed E-state index contributed by atoms with van der Waals surface area (Å²) in [6.07, 6.45) is -0.784. The fourth-order valence-corrected chi connectivity index (χ4v) is 2.11. The van der Waals surface area contributed by atoms with Crippen LogP contribution in [0, 0.1) is 0 Å². The number of fused-ring (bicyclic) bond motifs is 1. The van der Waals surface area contributed by atoms with Crippen LogP contribution in [0.1, 0.15) is 6.92 Å². The van der Waals surface area contributed by atoms with Gasteiger partial charge < -0.3 is 19.2 Å². The highest BCUT2D eigenvalue weighted by molar-refractivity contribution is 7.16. The summed E-state index contributed by atoms with van der Waals surface area (Å²) in [4.78, 5) is 33.1. The molecule has 1 N–H and O–H groups in total. The lowest BCUT2D eigenvalue weighted by Gasteiger charge is -2.06. The molecule has 1 aromatic carbocycles. The van der Waals surface area contributed by atoms with Gasteiger partial charge in [0.15, 0.2) is 0 Å². The molecule has 20 heavy (non-hydrogen) atoms. The van der Waals surface area contributed by atoms with Crippen molar-refractivity contribution < 1.29 is 23.5 Å². The second kappa shape index (κ2) is 6.20. The number of carbonyl (C=O) groups is 2. The largest absolute Gasteiger partial charge is 0.465 e. The first kappa shape index (κ1) is 14.1. The van der Waals surface area contributed by atoms with E-state index in [1.165, 1.54) is 18.2 Å². The van der Waals surface area contributed by atoms with Crippen molar-refractivity contribution in [1.29, 1.82) is 0 Å². The summed E-state index contributed by atoms with van der Waals surface area (Å²) in [5, 5.41) is 2.25. The third-order valence-electron chi connectivity index (χ3n) is 2.19. The molecule has 2 aromatic rings. The lowest BCUT2D eigenvalue weighted by atomic mass is 10.3.